The van der Waals surface area contributed by atoms with Crippen molar-refractivity contribution in [1.82, 2.24) is 15.5 Å². The maximum absolute atomic E-state index is 14.5. The highest BCUT2D eigenvalue weighted by Crippen LogP contribution is 2.22. The number of aliphatic imine (C=N–C) groups is 1. The first-order valence-corrected chi connectivity index (χ1v) is 8.88. The molecule has 25 heavy (non-hydrogen) atoms. The molecule has 1 aromatic carbocycles. The van der Waals surface area contributed by atoms with Crippen LogP contribution in [0.15, 0.2) is 23.2 Å². The Morgan fingerprint density at radius 1 is 1.16 bits per heavy atom. The molecule has 0 saturated carbocycles. The zero-order valence-electron chi connectivity index (χ0n) is 15.5. The van der Waals surface area contributed by atoms with E-state index in [1.807, 2.05) is 12.1 Å². The highest BCUT2D eigenvalue weighted by Gasteiger charge is 2.18. The van der Waals surface area contributed by atoms with Gasteiger partial charge in [-0.25, -0.2) is 4.39 Å². The lowest BCUT2D eigenvalue weighted by Gasteiger charge is -2.35. The largest absolute Gasteiger partial charge is 0.367 e. The number of hydrogen-bond acceptors (Lipinski definition) is 3. The van der Waals surface area contributed by atoms with Crippen molar-refractivity contribution >= 4 is 35.6 Å². The normalized spacial score (nSPS) is 15.7. The smallest absolute Gasteiger partial charge is 0.191 e. The summed E-state index contributed by atoms with van der Waals surface area (Å²) in [6.07, 6.45) is 1.04. The third kappa shape index (κ3) is 6.62. The molecule has 7 heteroatoms. The highest BCUT2D eigenvalue weighted by atomic mass is 127. The van der Waals surface area contributed by atoms with Gasteiger partial charge in [0.25, 0.3) is 0 Å². The van der Waals surface area contributed by atoms with Gasteiger partial charge in [0.1, 0.15) is 5.82 Å². The second kappa shape index (κ2) is 11.5. The summed E-state index contributed by atoms with van der Waals surface area (Å²) in [4.78, 5) is 8.69. The van der Waals surface area contributed by atoms with Crippen LogP contribution in [0.3, 0.4) is 0 Å². The minimum atomic E-state index is -0.143. The number of likely N-dealkylation sites (N-methyl/N-ethyl adjacent to an activating group) is 1. The SMILES string of the molecule is CCCNC(=NC)NCc1ccc(N2CCN(CC)CC2)c(F)c1.I. The minimum Gasteiger partial charge on any atom is -0.367 e. The fraction of sp³-hybridized carbons (Fsp3) is 0.611. The van der Waals surface area contributed by atoms with Gasteiger partial charge in [-0.3, -0.25) is 4.99 Å². The number of nitrogens with zero attached hydrogens (tertiary/aromatic N) is 3. The van der Waals surface area contributed by atoms with Gasteiger partial charge in [-0.05, 0) is 30.7 Å². The molecule has 2 N–H and O–H groups in total. The number of hydrogen-bond donors (Lipinski definition) is 2. The van der Waals surface area contributed by atoms with Crippen LogP contribution in [0, 0.1) is 5.82 Å². The minimum absolute atomic E-state index is 0. The van der Waals surface area contributed by atoms with Crippen molar-refractivity contribution in [3.05, 3.63) is 29.6 Å². The Kier molecular flexibility index (Phi) is 10.1. The van der Waals surface area contributed by atoms with Crippen LogP contribution >= 0.6 is 24.0 Å². The number of piperazine rings is 1. The van der Waals surface area contributed by atoms with E-state index in [1.165, 1.54) is 0 Å². The van der Waals surface area contributed by atoms with Crippen LogP contribution in [0.4, 0.5) is 10.1 Å². The number of rotatable bonds is 6. The van der Waals surface area contributed by atoms with Gasteiger partial charge in [0.05, 0.1) is 5.69 Å². The third-order valence-corrected chi connectivity index (χ3v) is 4.40. The Hall–Kier alpha value is -1.09. The predicted octanol–water partition coefficient (Wildman–Crippen LogP) is 2.66. The molecule has 0 amide bonds. The fourth-order valence-corrected chi connectivity index (χ4v) is 2.87. The summed E-state index contributed by atoms with van der Waals surface area (Å²) < 4.78 is 14.5. The molecular formula is C18H31FIN5. The van der Waals surface area contributed by atoms with Gasteiger partial charge in [-0.2, -0.15) is 0 Å². The van der Waals surface area contributed by atoms with Crippen molar-refractivity contribution in [2.45, 2.75) is 26.8 Å². The van der Waals surface area contributed by atoms with Gasteiger partial charge >= 0.3 is 0 Å². The Morgan fingerprint density at radius 3 is 2.44 bits per heavy atom. The fourth-order valence-electron chi connectivity index (χ4n) is 2.87. The zero-order valence-corrected chi connectivity index (χ0v) is 17.8. The molecule has 1 fully saturated rings. The quantitative estimate of drug-likeness (QED) is 0.387. The molecule has 5 nitrogen and oxygen atoms in total. The van der Waals surface area contributed by atoms with Crippen molar-refractivity contribution in [2.24, 2.45) is 4.99 Å². The molecule has 1 heterocycles. The van der Waals surface area contributed by atoms with Crippen LogP contribution < -0.4 is 15.5 Å². The molecule has 0 atom stereocenters. The summed E-state index contributed by atoms with van der Waals surface area (Å²) in [5.74, 6) is 0.604. The molecule has 0 aliphatic carbocycles. The topological polar surface area (TPSA) is 42.9 Å². The lowest BCUT2D eigenvalue weighted by atomic mass is 10.1. The summed E-state index contributed by atoms with van der Waals surface area (Å²) >= 11 is 0. The second-order valence-corrected chi connectivity index (χ2v) is 6.06. The monoisotopic (exact) mass is 463 g/mol. The van der Waals surface area contributed by atoms with Crippen molar-refractivity contribution in [2.75, 3.05) is 51.2 Å². The second-order valence-electron chi connectivity index (χ2n) is 6.06. The summed E-state index contributed by atoms with van der Waals surface area (Å²) in [5, 5.41) is 6.42. The average Bonchev–Trinajstić information content (AvgIpc) is 2.62. The van der Waals surface area contributed by atoms with Crippen molar-refractivity contribution in [3.8, 4) is 0 Å². The van der Waals surface area contributed by atoms with Gasteiger partial charge in [-0.1, -0.05) is 19.9 Å². The van der Waals surface area contributed by atoms with Crippen molar-refractivity contribution in [3.63, 3.8) is 0 Å². The molecule has 0 bridgehead atoms. The van der Waals surface area contributed by atoms with Gasteiger partial charge in [0, 0.05) is 46.3 Å². The van der Waals surface area contributed by atoms with Crippen LogP contribution in [0.5, 0.6) is 0 Å². The molecule has 1 aromatic rings. The predicted molar refractivity (Wildman–Crippen MR) is 115 cm³/mol. The molecule has 2 rings (SSSR count). The Bertz CT molecular complexity index is 544. The van der Waals surface area contributed by atoms with E-state index in [0.717, 1.165) is 57.2 Å². The van der Waals surface area contributed by atoms with E-state index >= 15 is 0 Å². The van der Waals surface area contributed by atoms with Gasteiger partial charge in [-0.15, -0.1) is 24.0 Å². The molecule has 0 unspecified atom stereocenters. The molecule has 0 aromatic heterocycles. The Morgan fingerprint density at radius 2 is 1.88 bits per heavy atom. The summed E-state index contributed by atoms with van der Waals surface area (Å²) in [7, 11) is 1.74. The Labute approximate surface area is 168 Å². The number of anilines is 1. The first-order chi connectivity index (χ1) is 11.7. The third-order valence-electron chi connectivity index (χ3n) is 4.40. The molecule has 142 valence electrons. The average molecular weight is 463 g/mol. The van der Waals surface area contributed by atoms with E-state index < -0.39 is 0 Å². The number of nitrogens with one attached hydrogen (secondary N) is 2. The number of benzene rings is 1. The maximum Gasteiger partial charge on any atom is 0.191 e. The lowest BCUT2D eigenvalue weighted by molar-refractivity contribution is 0.270. The van der Waals surface area contributed by atoms with Crippen LogP contribution in [-0.2, 0) is 6.54 Å². The number of guanidine groups is 1. The lowest BCUT2D eigenvalue weighted by Crippen LogP contribution is -2.46. The van der Waals surface area contributed by atoms with Crippen molar-refractivity contribution in [1.29, 1.82) is 0 Å². The summed E-state index contributed by atoms with van der Waals surface area (Å²) in [5.41, 5.74) is 1.63. The standard InChI is InChI=1S/C18H30FN5.HI/c1-4-8-21-18(20-3)22-14-15-6-7-17(16(19)13-15)24-11-9-23(5-2)10-12-24;/h6-7,13H,4-5,8-12,14H2,1-3H3,(H2,20,21,22);1H. The molecule has 0 spiro atoms. The van der Waals surface area contributed by atoms with E-state index in [2.05, 4.69) is 39.3 Å². The summed E-state index contributed by atoms with van der Waals surface area (Å²) in [6.45, 7) is 10.5. The van der Waals surface area contributed by atoms with Crippen LogP contribution in [0.25, 0.3) is 0 Å². The molecule has 0 radical (unpaired) electrons. The maximum atomic E-state index is 14.5. The van der Waals surface area contributed by atoms with Gasteiger partial charge in [0.15, 0.2) is 5.96 Å². The zero-order chi connectivity index (χ0) is 17.4. The van der Waals surface area contributed by atoms with Crippen molar-refractivity contribution < 1.29 is 4.39 Å². The first-order valence-electron chi connectivity index (χ1n) is 8.88. The van der Waals surface area contributed by atoms with E-state index in [1.54, 1.807) is 13.1 Å². The molecule has 1 aliphatic rings. The van der Waals surface area contributed by atoms with Crippen LogP contribution in [0.2, 0.25) is 0 Å². The van der Waals surface area contributed by atoms with Crippen LogP contribution in [0.1, 0.15) is 25.8 Å². The number of halogens is 2. The van der Waals surface area contributed by atoms with E-state index in [-0.39, 0.29) is 29.8 Å². The Balaban J connectivity index is 0.00000312. The van der Waals surface area contributed by atoms with Crippen LogP contribution in [-0.4, -0.2) is 57.2 Å². The first kappa shape index (κ1) is 22.0. The van der Waals surface area contributed by atoms with E-state index in [0.29, 0.717) is 12.2 Å². The van der Waals surface area contributed by atoms with E-state index in [9.17, 15) is 4.39 Å². The van der Waals surface area contributed by atoms with E-state index in [4.69, 9.17) is 0 Å². The summed E-state index contributed by atoms with van der Waals surface area (Å²) in [6, 6.07) is 5.52. The van der Waals surface area contributed by atoms with Gasteiger partial charge in [0.2, 0.25) is 0 Å². The van der Waals surface area contributed by atoms with Gasteiger partial charge < -0.3 is 20.4 Å². The molecular weight excluding hydrogens is 432 g/mol. The molecule has 1 saturated heterocycles. The molecule has 1 aliphatic heterocycles. The highest BCUT2D eigenvalue weighted by molar-refractivity contribution is 14.0.